The number of methoxy groups -OCH3 is 1. The van der Waals surface area contributed by atoms with Crippen LogP contribution < -0.4 is 5.73 Å². The number of ether oxygens (including phenoxy) is 1. The van der Waals surface area contributed by atoms with Gasteiger partial charge in [0.1, 0.15) is 6.04 Å². The average Bonchev–Trinajstić information content (AvgIpc) is 2.29. The summed E-state index contributed by atoms with van der Waals surface area (Å²) in [6.45, 7) is 0. The molecule has 2 N–H and O–H groups in total. The van der Waals surface area contributed by atoms with Crippen molar-refractivity contribution < 1.29 is 14.3 Å². The largest absolute Gasteiger partial charge is 0.468 e. The quantitative estimate of drug-likeness (QED) is 0.553. The van der Waals surface area contributed by atoms with Crippen LogP contribution in [0.3, 0.4) is 0 Å². The third-order valence-electron chi connectivity index (χ3n) is 1.92. The second-order valence-electron chi connectivity index (χ2n) is 3.03. The highest BCUT2D eigenvalue weighted by atomic mass is 16.5. The number of aromatic nitrogens is 1. The summed E-state index contributed by atoms with van der Waals surface area (Å²) in [6.07, 6.45) is 2.44. The number of nitrogens with zero attached hydrogens (tertiary/aromatic N) is 1. The molecular weight excluding hydrogens is 196 g/mol. The first-order chi connectivity index (χ1) is 7.17. The van der Waals surface area contributed by atoms with Gasteiger partial charge in [0, 0.05) is 23.9 Å². The minimum absolute atomic E-state index is 0.297. The zero-order valence-electron chi connectivity index (χ0n) is 8.34. The fraction of sp³-hybridized carbons (Fsp3) is 0.300. The first kappa shape index (κ1) is 11.3. The van der Waals surface area contributed by atoms with Crippen LogP contribution in [0.25, 0.3) is 0 Å². The van der Waals surface area contributed by atoms with E-state index in [1.807, 2.05) is 0 Å². The van der Waals surface area contributed by atoms with Crippen molar-refractivity contribution in [3.8, 4) is 0 Å². The molecule has 0 unspecified atom stereocenters. The molecule has 0 fully saturated rings. The number of esters is 1. The van der Waals surface area contributed by atoms with Gasteiger partial charge in [-0.25, -0.2) is 0 Å². The smallest absolute Gasteiger partial charge is 0.323 e. The Morgan fingerprint density at radius 1 is 1.67 bits per heavy atom. The van der Waals surface area contributed by atoms with Gasteiger partial charge in [0.05, 0.1) is 7.11 Å². The summed E-state index contributed by atoms with van der Waals surface area (Å²) >= 11 is 0. The first-order valence-corrected chi connectivity index (χ1v) is 4.41. The van der Waals surface area contributed by atoms with Gasteiger partial charge < -0.3 is 10.5 Å². The number of aldehydes is 1. The molecule has 1 rings (SSSR count). The van der Waals surface area contributed by atoms with E-state index < -0.39 is 12.0 Å². The Bertz CT molecular complexity index is 348. The summed E-state index contributed by atoms with van der Waals surface area (Å²) in [6, 6.07) is 2.57. The molecule has 1 heterocycles. The molecule has 0 aromatic carbocycles. The van der Waals surface area contributed by atoms with Gasteiger partial charge in [-0.05, 0) is 12.1 Å². The van der Waals surface area contributed by atoms with Gasteiger partial charge >= 0.3 is 5.97 Å². The summed E-state index contributed by atoms with van der Waals surface area (Å²) < 4.78 is 4.48. The van der Waals surface area contributed by atoms with Crippen LogP contribution in [0, 0.1) is 0 Å². The number of hydrogen-bond donors (Lipinski definition) is 1. The minimum Gasteiger partial charge on any atom is -0.468 e. The topological polar surface area (TPSA) is 82.3 Å². The van der Waals surface area contributed by atoms with Crippen molar-refractivity contribution in [2.24, 2.45) is 5.73 Å². The van der Waals surface area contributed by atoms with Crippen molar-refractivity contribution in [3.63, 3.8) is 0 Å². The van der Waals surface area contributed by atoms with E-state index in [1.165, 1.54) is 13.3 Å². The van der Waals surface area contributed by atoms with Crippen LogP contribution in [0.5, 0.6) is 0 Å². The van der Waals surface area contributed by atoms with Crippen molar-refractivity contribution in [1.29, 1.82) is 0 Å². The number of carbonyl (C=O) groups is 2. The van der Waals surface area contributed by atoms with Crippen molar-refractivity contribution >= 4 is 12.3 Å². The molecule has 5 heteroatoms. The second-order valence-corrected chi connectivity index (χ2v) is 3.03. The number of rotatable bonds is 4. The Morgan fingerprint density at radius 2 is 2.40 bits per heavy atom. The molecule has 80 valence electrons. The maximum absolute atomic E-state index is 11.0. The van der Waals surface area contributed by atoms with Crippen LogP contribution in [0.4, 0.5) is 0 Å². The average molecular weight is 208 g/mol. The molecule has 0 amide bonds. The summed E-state index contributed by atoms with van der Waals surface area (Å²) in [4.78, 5) is 25.4. The van der Waals surface area contributed by atoms with E-state index >= 15 is 0 Å². The molecule has 1 aromatic heterocycles. The van der Waals surface area contributed by atoms with Gasteiger partial charge in [-0.3, -0.25) is 14.6 Å². The fourth-order valence-electron chi connectivity index (χ4n) is 1.09. The van der Waals surface area contributed by atoms with E-state index in [-0.39, 0.29) is 0 Å². The van der Waals surface area contributed by atoms with Gasteiger partial charge in [0.2, 0.25) is 0 Å². The van der Waals surface area contributed by atoms with Gasteiger partial charge in [-0.2, -0.15) is 0 Å². The van der Waals surface area contributed by atoms with E-state index in [0.29, 0.717) is 24.0 Å². The van der Waals surface area contributed by atoms with Crippen LogP contribution in [-0.2, 0) is 16.0 Å². The number of hydrogen-bond acceptors (Lipinski definition) is 5. The van der Waals surface area contributed by atoms with Gasteiger partial charge in [0.15, 0.2) is 6.29 Å². The third-order valence-corrected chi connectivity index (χ3v) is 1.92. The van der Waals surface area contributed by atoms with Crippen LogP contribution in [0.1, 0.15) is 16.1 Å². The normalized spacial score (nSPS) is 11.9. The number of pyridine rings is 1. The van der Waals surface area contributed by atoms with E-state index in [1.54, 1.807) is 12.1 Å². The van der Waals surface area contributed by atoms with Crippen LogP contribution in [0.15, 0.2) is 18.3 Å². The van der Waals surface area contributed by atoms with E-state index in [4.69, 9.17) is 5.73 Å². The highest BCUT2D eigenvalue weighted by Gasteiger charge is 2.14. The zero-order valence-corrected chi connectivity index (χ0v) is 8.34. The van der Waals surface area contributed by atoms with Crippen molar-refractivity contribution in [1.82, 2.24) is 4.98 Å². The number of carbonyl (C=O) groups excluding carboxylic acids is 2. The fourth-order valence-corrected chi connectivity index (χ4v) is 1.09. The molecule has 0 saturated heterocycles. The Morgan fingerprint density at radius 3 is 2.87 bits per heavy atom. The lowest BCUT2D eigenvalue weighted by atomic mass is 10.1. The molecule has 0 radical (unpaired) electrons. The zero-order chi connectivity index (χ0) is 11.3. The van der Waals surface area contributed by atoms with E-state index in [2.05, 4.69) is 9.72 Å². The monoisotopic (exact) mass is 208 g/mol. The Labute approximate surface area is 87.3 Å². The highest BCUT2D eigenvalue weighted by Crippen LogP contribution is 2.01. The molecular formula is C10H12N2O3. The minimum atomic E-state index is -0.718. The lowest BCUT2D eigenvalue weighted by molar-refractivity contribution is -0.142. The van der Waals surface area contributed by atoms with Crippen LogP contribution in [0.2, 0.25) is 0 Å². The molecule has 0 bridgehead atoms. The molecule has 1 aromatic rings. The van der Waals surface area contributed by atoms with Crippen molar-refractivity contribution in [3.05, 3.63) is 29.6 Å². The predicted molar refractivity (Wildman–Crippen MR) is 53.3 cm³/mol. The third kappa shape index (κ3) is 3.14. The van der Waals surface area contributed by atoms with Gasteiger partial charge in [0.25, 0.3) is 0 Å². The molecule has 0 spiro atoms. The Hall–Kier alpha value is -1.75. The van der Waals surface area contributed by atoms with Crippen LogP contribution >= 0.6 is 0 Å². The molecule has 15 heavy (non-hydrogen) atoms. The lowest BCUT2D eigenvalue weighted by Gasteiger charge is -2.07. The number of nitrogens with two attached hydrogens (primary N) is 1. The first-order valence-electron chi connectivity index (χ1n) is 4.41. The Kier molecular flexibility index (Phi) is 3.93. The van der Waals surface area contributed by atoms with Crippen molar-refractivity contribution in [2.75, 3.05) is 7.11 Å². The summed E-state index contributed by atoms with van der Waals surface area (Å²) in [5.41, 5.74) is 6.69. The predicted octanol–water partition coefficient (Wildman–Crippen LogP) is -0.0631. The van der Waals surface area contributed by atoms with Gasteiger partial charge in [-0.15, -0.1) is 0 Å². The summed E-state index contributed by atoms with van der Waals surface area (Å²) in [7, 11) is 1.28. The molecule has 5 nitrogen and oxygen atoms in total. The standard InChI is InChI=1S/C10H12N2O3/c1-15-10(14)9(11)4-8-3-2-7(6-13)5-12-8/h2-3,5-6,9H,4,11H2,1H3/t9-/m1/s1. The summed E-state index contributed by atoms with van der Waals surface area (Å²) in [5.74, 6) is -0.476. The molecule has 1 atom stereocenters. The molecule has 0 aliphatic rings. The molecule has 0 saturated carbocycles. The SMILES string of the molecule is COC(=O)[C@H](N)Cc1ccc(C=O)cn1. The molecule has 0 aliphatic heterocycles. The van der Waals surface area contributed by atoms with Gasteiger partial charge in [-0.1, -0.05) is 0 Å². The highest BCUT2D eigenvalue weighted by molar-refractivity contribution is 5.76. The maximum atomic E-state index is 11.0. The van der Waals surface area contributed by atoms with E-state index in [9.17, 15) is 9.59 Å². The second kappa shape index (κ2) is 5.21. The maximum Gasteiger partial charge on any atom is 0.323 e. The molecule has 0 aliphatic carbocycles. The van der Waals surface area contributed by atoms with Crippen molar-refractivity contribution in [2.45, 2.75) is 12.5 Å². The van der Waals surface area contributed by atoms with E-state index in [0.717, 1.165) is 0 Å². The van der Waals surface area contributed by atoms with Crippen LogP contribution in [-0.4, -0.2) is 30.4 Å². The Balaban J connectivity index is 2.64. The summed E-state index contributed by atoms with van der Waals surface area (Å²) in [5, 5.41) is 0. The lowest BCUT2D eigenvalue weighted by Crippen LogP contribution is -2.33.